The van der Waals surface area contributed by atoms with Gasteiger partial charge in [0, 0.05) is 28.8 Å². The lowest BCUT2D eigenvalue weighted by Crippen LogP contribution is -2.03. The number of rotatable bonds is 9. The van der Waals surface area contributed by atoms with Crippen molar-refractivity contribution in [3.05, 3.63) is 92.4 Å². The van der Waals surface area contributed by atoms with Crippen LogP contribution in [-0.4, -0.2) is 11.5 Å². The summed E-state index contributed by atoms with van der Waals surface area (Å²) in [5.74, 6) is 1.31. The minimum Gasteiger partial charge on any atom is -0.490 e. The van der Waals surface area contributed by atoms with Crippen LogP contribution >= 0.6 is 15.9 Å². The van der Waals surface area contributed by atoms with E-state index in [0.717, 1.165) is 21.3 Å². The molecule has 0 saturated carbocycles. The summed E-state index contributed by atoms with van der Waals surface area (Å²) in [4.78, 5) is 10.3. The number of benzene rings is 3. The van der Waals surface area contributed by atoms with E-state index >= 15 is 0 Å². The van der Waals surface area contributed by atoms with E-state index in [1.165, 1.54) is 12.1 Å². The number of hydrogen-bond donors (Lipinski definition) is 1. The minimum absolute atomic E-state index is 0.0615. The van der Waals surface area contributed by atoms with Crippen LogP contribution in [-0.2, 0) is 13.2 Å². The molecule has 0 atom stereocenters. The molecule has 3 aromatic carbocycles. The van der Waals surface area contributed by atoms with E-state index in [2.05, 4.69) is 21.2 Å². The lowest BCUT2D eigenvalue weighted by molar-refractivity contribution is -0.384. The molecule has 0 aliphatic rings. The Morgan fingerprint density at radius 3 is 2.28 bits per heavy atom. The second-order valence-corrected chi connectivity index (χ2v) is 7.20. The van der Waals surface area contributed by atoms with Gasteiger partial charge in [-0.15, -0.1) is 0 Å². The molecular formula is C22H21BrN2O4. The fourth-order valence-corrected chi connectivity index (χ4v) is 2.96. The summed E-state index contributed by atoms with van der Waals surface area (Å²) < 4.78 is 12.7. The summed E-state index contributed by atoms with van der Waals surface area (Å²) in [6.45, 7) is 3.41. The molecule has 0 radical (unpaired) electrons. The molecule has 3 rings (SSSR count). The number of hydrogen-bond acceptors (Lipinski definition) is 5. The molecule has 0 amide bonds. The molecular weight excluding hydrogens is 436 g/mol. The molecule has 1 N–H and O–H groups in total. The van der Waals surface area contributed by atoms with Crippen molar-refractivity contribution in [2.75, 3.05) is 11.9 Å². The fraction of sp³-hybridized carbons (Fsp3) is 0.182. The third kappa shape index (κ3) is 5.96. The van der Waals surface area contributed by atoms with Crippen molar-refractivity contribution in [2.24, 2.45) is 0 Å². The van der Waals surface area contributed by atoms with Crippen LogP contribution < -0.4 is 14.8 Å². The van der Waals surface area contributed by atoms with Crippen molar-refractivity contribution in [1.29, 1.82) is 0 Å². The van der Waals surface area contributed by atoms with Crippen LogP contribution in [0.1, 0.15) is 18.1 Å². The lowest BCUT2D eigenvalue weighted by atomic mass is 10.2. The molecule has 0 fully saturated rings. The summed E-state index contributed by atoms with van der Waals surface area (Å²) in [6, 6.07) is 20.1. The first-order chi connectivity index (χ1) is 14.0. The summed E-state index contributed by atoms with van der Waals surface area (Å²) in [5, 5.41) is 14.1. The van der Waals surface area contributed by atoms with Crippen molar-refractivity contribution >= 4 is 27.3 Å². The number of non-ortho nitro benzene ring substituents is 1. The Labute approximate surface area is 177 Å². The first kappa shape index (κ1) is 20.7. The minimum atomic E-state index is -0.418. The van der Waals surface area contributed by atoms with Crippen LogP contribution in [0.25, 0.3) is 0 Å². The van der Waals surface area contributed by atoms with Crippen molar-refractivity contribution in [1.82, 2.24) is 0 Å². The van der Waals surface area contributed by atoms with E-state index in [4.69, 9.17) is 9.47 Å². The average molecular weight is 457 g/mol. The zero-order chi connectivity index (χ0) is 20.6. The Morgan fingerprint density at radius 1 is 0.931 bits per heavy atom. The van der Waals surface area contributed by atoms with Gasteiger partial charge in [-0.2, -0.15) is 0 Å². The monoisotopic (exact) mass is 456 g/mol. The predicted molar refractivity (Wildman–Crippen MR) is 117 cm³/mol. The number of ether oxygens (including phenoxy) is 2. The van der Waals surface area contributed by atoms with Crippen molar-refractivity contribution in [3.8, 4) is 11.5 Å². The van der Waals surface area contributed by atoms with Gasteiger partial charge in [0.25, 0.3) is 5.69 Å². The molecule has 29 heavy (non-hydrogen) atoms. The second kappa shape index (κ2) is 9.93. The van der Waals surface area contributed by atoms with E-state index in [-0.39, 0.29) is 5.69 Å². The standard InChI is InChI=1S/C22H21BrN2O4/c1-2-28-22-13-17(14-24-19-8-6-18(23)7-9-19)5-12-21(22)29-15-16-3-10-20(11-4-16)25(26)27/h3-13,24H,2,14-15H2,1H3. The normalized spacial score (nSPS) is 10.4. The molecule has 0 bridgehead atoms. The molecule has 6 nitrogen and oxygen atoms in total. The highest BCUT2D eigenvalue weighted by molar-refractivity contribution is 9.10. The molecule has 7 heteroatoms. The van der Waals surface area contributed by atoms with E-state index in [0.29, 0.717) is 31.3 Å². The number of anilines is 1. The van der Waals surface area contributed by atoms with Gasteiger partial charge in [0.1, 0.15) is 6.61 Å². The van der Waals surface area contributed by atoms with Crippen LogP contribution in [0.5, 0.6) is 11.5 Å². The van der Waals surface area contributed by atoms with E-state index < -0.39 is 4.92 Å². The molecule has 0 unspecified atom stereocenters. The van der Waals surface area contributed by atoms with Crippen molar-refractivity contribution in [2.45, 2.75) is 20.1 Å². The molecule has 3 aromatic rings. The average Bonchev–Trinajstić information content (AvgIpc) is 2.73. The third-order valence-corrected chi connectivity index (χ3v) is 4.72. The molecule has 0 aromatic heterocycles. The maximum Gasteiger partial charge on any atom is 0.269 e. The van der Waals surface area contributed by atoms with Crippen molar-refractivity contribution in [3.63, 3.8) is 0 Å². The quantitative estimate of drug-likeness (QED) is 0.318. The van der Waals surface area contributed by atoms with Gasteiger partial charge < -0.3 is 14.8 Å². The third-order valence-electron chi connectivity index (χ3n) is 4.19. The van der Waals surface area contributed by atoms with Gasteiger partial charge in [0.2, 0.25) is 0 Å². The van der Waals surface area contributed by atoms with Crippen LogP contribution in [0.3, 0.4) is 0 Å². The van der Waals surface area contributed by atoms with Gasteiger partial charge in [-0.25, -0.2) is 0 Å². The van der Waals surface area contributed by atoms with Crippen LogP contribution in [0.2, 0.25) is 0 Å². The number of nitro groups is 1. The van der Waals surface area contributed by atoms with Crippen LogP contribution in [0.15, 0.2) is 71.2 Å². The summed E-state index contributed by atoms with van der Waals surface area (Å²) in [5.41, 5.74) is 3.01. The van der Waals surface area contributed by atoms with Crippen LogP contribution in [0.4, 0.5) is 11.4 Å². The van der Waals surface area contributed by atoms with E-state index in [1.807, 2.05) is 49.4 Å². The smallest absolute Gasteiger partial charge is 0.269 e. The van der Waals surface area contributed by atoms with E-state index in [1.54, 1.807) is 12.1 Å². The van der Waals surface area contributed by atoms with Gasteiger partial charge in [0.05, 0.1) is 11.5 Å². The van der Waals surface area contributed by atoms with Crippen molar-refractivity contribution < 1.29 is 14.4 Å². The molecule has 0 aliphatic carbocycles. The van der Waals surface area contributed by atoms with Gasteiger partial charge >= 0.3 is 0 Å². The zero-order valence-corrected chi connectivity index (χ0v) is 17.5. The van der Waals surface area contributed by atoms with Crippen LogP contribution in [0, 0.1) is 10.1 Å². The lowest BCUT2D eigenvalue weighted by Gasteiger charge is -2.14. The second-order valence-electron chi connectivity index (χ2n) is 6.29. The summed E-state index contributed by atoms with van der Waals surface area (Å²) in [7, 11) is 0. The number of nitro benzene ring substituents is 1. The number of halogens is 1. The van der Waals surface area contributed by atoms with E-state index in [9.17, 15) is 10.1 Å². The first-order valence-corrected chi connectivity index (χ1v) is 9.95. The summed E-state index contributed by atoms with van der Waals surface area (Å²) in [6.07, 6.45) is 0. The molecule has 0 saturated heterocycles. The maximum absolute atomic E-state index is 10.7. The highest BCUT2D eigenvalue weighted by atomic mass is 79.9. The fourth-order valence-electron chi connectivity index (χ4n) is 2.70. The highest BCUT2D eigenvalue weighted by Gasteiger charge is 2.09. The number of nitrogens with zero attached hydrogens (tertiary/aromatic N) is 1. The highest BCUT2D eigenvalue weighted by Crippen LogP contribution is 2.30. The molecule has 0 spiro atoms. The largest absolute Gasteiger partial charge is 0.490 e. The number of nitrogens with one attached hydrogen (secondary N) is 1. The maximum atomic E-state index is 10.7. The Morgan fingerprint density at radius 2 is 1.62 bits per heavy atom. The molecule has 150 valence electrons. The summed E-state index contributed by atoms with van der Waals surface area (Å²) >= 11 is 3.43. The molecule has 0 aliphatic heterocycles. The Kier molecular flexibility index (Phi) is 7.08. The Balaban J connectivity index is 1.65. The topological polar surface area (TPSA) is 73.6 Å². The Hall–Kier alpha value is -3.06. The van der Waals surface area contributed by atoms with Gasteiger partial charge in [-0.3, -0.25) is 10.1 Å². The SMILES string of the molecule is CCOc1cc(CNc2ccc(Br)cc2)ccc1OCc1ccc([N+](=O)[O-])cc1. The first-order valence-electron chi connectivity index (χ1n) is 9.16. The van der Waals surface area contributed by atoms with Gasteiger partial charge in [-0.1, -0.05) is 22.0 Å². The van der Waals surface area contributed by atoms with Gasteiger partial charge in [0.15, 0.2) is 11.5 Å². The predicted octanol–water partition coefficient (Wildman–Crippen LogP) is 5.95. The molecule has 0 heterocycles. The Bertz CT molecular complexity index is 960. The zero-order valence-electron chi connectivity index (χ0n) is 15.9. The van der Waals surface area contributed by atoms with Gasteiger partial charge in [-0.05, 0) is 66.6 Å².